The van der Waals surface area contributed by atoms with E-state index in [2.05, 4.69) is 31.8 Å². The molecular weight excluding hydrogens is 184 g/mol. The standard InChI is InChI=1S/C13H22N2/c1-6-9-15-13(14)12(5)8-7-11(4)10(2)3/h6-10H,1-5H3,(H2,14,15)/b9-6-,11-7+,12-8+. The molecule has 2 N–H and O–H groups in total. The van der Waals surface area contributed by atoms with Gasteiger partial charge in [0.25, 0.3) is 0 Å². The molecule has 0 bridgehead atoms. The quantitative estimate of drug-likeness (QED) is 0.427. The summed E-state index contributed by atoms with van der Waals surface area (Å²) in [6.07, 6.45) is 7.66. The van der Waals surface area contributed by atoms with Crippen LogP contribution in [-0.4, -0.2) is 5.84 Å². The second-order valence-electron chi connectivity index (χ2n) is 3.91. The minimum absolute atomic E-state index is 0.570. The molecule has 0 heterocycles. The van der Waals surface area contributed by atoms with Gasteiger partial charge in [0.15, 0.2) is 0 Å². The third-order valence-corrected chi connectivity index (χ3v) is 2.27. The molecule has 2 nitrogen and oxygen atoms in total. The zero-order chi connectivity index (χ0) is 11.8. The Morgan fingerprint density at radius 2 is 1.80 bits per heavy atom. The van der Waals surface area contributed by atoms with Crippen molar-refractivity contribution in [3.63, 3.8) is 0 Å². The van der Waals surface area contributed by atoms with Crippen molar-refractivity contribution in [1.82, 2.24) is 0 Å². The fraction of sp³-hybridized carbons (Fsp3) is 0.462. The fourth-order valence-electron chi connectivity index (χ4n) is 0.791. The molecule has 15 heavy (non-hydrogen) atoms. The van der Waals surface area contributed by atoms with Crippen molar-refractivity contribution < 1.29 is 0 Å². The molecule has 0 fully saturated rings. The summed E-state index contributed by atoms with van der Waals surface area (Å²) in [6, 6.07) is 0. The maximum Gasteiger partial charge on any atom is 0.126 e. The fourth-order valence-corrected chi connectivity index (χ4v) is 0.791. The first-order valence-corrected chi connectivity index (χ1v) is 5.29. The molecule has 0 spiro atoms. The minimum Gasteiger partial charge on any atom is -0.383 e. The topological polar surface area (TPSA) is 38.4 Å². The lowest BCUT2D eigenvalue weighted by molar-refractivity contribution is 0.769. The van der Waals surface area contributed by atoms with Crippen LogP contribution >= 0.6 is 0 Å². The van der Waals surface area contributed by atoms with Gasteiger partial charge in [-0.05, 0) is 32.3 Å². The zero-order valence-electron chi connectivity index (χ0n) is 10.4. The van der Waals surface area contributed by atoms with E-state index in [9.17, 15) is 0 Å². The van der Waals surface area contributed by atoms with Crippen molar-refractivity contribution in [2.75, 3.05) is 0 Å². The van der Waals surface area contributed by atoms with E-state index in [1.807, 2.05) is 26.0 Å². The first-order chi connectivity index (χ1) is 6.99. The van der Waals surface area contributed by atoms with Crippen molar-refractivity contribution >= 4 is 5.84 Å². The van der Waals surface area contributed by atoms with Gasteiger partial charge in [-0.25, -0.2) is 4.99 Å². The molecule has 2 heteroatoms. The summed E-state index contributed by atoms with van der Waals surface area (Å²) >= 11 is 0. The highest BCUT2D eigenvalue weighted by molar-refractivity contribution is 5.97. The monoisotopic (exact) mass is 206 g/mol. The van der Waals surface area contributed by atoms with Crippen molar-refractivity contribution in [2.24, 2.45) is 16.6 Å². The molecule has 0 aliphatic carbocycles. The maximum atomic E-state index is 5.77. The van der Waals surface area contributed by atoms with Crippen LogP contribution in [0.5, 0.6) is 0 Å². The third-order valence-electron chi connectivity index (χ3n) is 2.27. The van der Waals surface area contributed by atoms with Crippen LogP contribution < -0.4 is 5.73 Å². The van der Waals surface area contributed by atoms with E-state index in [4.69, 9.17) is 5.73 Å². The lowest BCUT2D eigenvalue weighted by atomic mass is 10.0. The average molecular weight is 206 g/mol. The Morgan fingerprint density at radius 1 is 1.20 bits per heavy atom. The Morgan fingerprint density at radius 3 is 2.27 bits per heavy atom. The van der Waals surface area contributed by atoms with Gasteiger partial charge in [-0.1, -0.05) is 37.6 Å². The van der Waals surface area contributed by atoms with Gasteiger partial charge in [0.05, 0.1) is 0 Å². The van der Waals surface area contributed by atoms with Crippen LogP contribution in [0.2, 0.25) is 0 Å². The molecule has 0 amide bonds. The Balaban J connectivity index is 4.64. The first kappa shape index (κ1) is 13.7. The molecule has 0 atom stereocenters. The number of nitrogens with zero attached hydrogens (tertiary/aromatic N) is 1. The van der Waals surface area contributed by atoms with E-state index in [0.29, 0.717) is 11.8 Å². The van der Waals surface area contributed by atoms with E-state index < -0.39 is 0 Å². The van der Waals surface area contributed by atoms with Crippen LogP contribution in [0.15, 0.2) is 40.6 Å². The normalized spacial score (nSPS) is 15.5. The van der Waals surface area contributed by atoms with Crippen molar-refractivity contribution in [3.8, 4) is 0 Å². The number of allylic oxidation sites excluding steroid dienone is 4. The number of nitrogens with two attached hydrogens (primary N) is 1. The number of amidine groups is 1. The van der Waals surface area contributed by atoms with Crippen LogP contribution in [0.4, 0.5) is 0 Å². The van der Waals surface area contributed by atoms with Crippen LogP contribution in [0.3, 0.4) is 0 Å². The van der Waals surface area contributed by atoms with Crippen LogP contribution in [0.25, 0.3) is 0 Å². The van der Waals surface area contributed by atoms with Crippen LogP contribution in [0.1, 0.15) is 34.6 Å². The summed E-state index contributed by atoms with van der Waals surface area (Å²) in [6.45, 7) is 10.3. The van der Waals surface area contributed by atoms with Gasteiger partial charge in [-0.3, -0.25) is 0 Å². The Bertz CT molecular complexity index is 304. The summed E-state index contributed by atoms with van der Waals surface area (Å²) in [5.41, 5.74) is 8.10. The summed E-state index contributed by atoms with van der Waals surface area (Å²) < 4.78 is 0. The SMILES string of the molecule is C\C=C/N=C(N)\C(C)=C\C=C(/C)C(C)C. The second-order valence-corrected chi connectivity index (χ2v) is 3.91. The van der Waals surface area contributed by atoms with Crippen molar-refractivity contribution in [1.29, 1.82) is 0 Å². The van der Waals surface area contributed by atoms with E-state index >= 15 is 0 Å². The Labute approximate surface area is 93.3 Å². The van der Waals surface area contributed by atoms with Gasteiger partial charge < -0.3 is 5.73 Å². The van der Waals surface area contributed by atoms with E-state index in [0.717, 1.165) is 5.57 Å². The largest absolute Gasteiger partial charge is 0.383 e. The number of rotatable bonds is 4. The van der Waals surface area contributed by atoms with Crippen LogP contribution in [-0.2, 0) is 0 Å². The second kappa shape index (κ2) is 7.04. The lowest BCUT2D eigenvalue weighted by Crippen LogP contribution is -2.12. The van der Waals surface area contributed by atoms with E-state index in [1.165, 1.54) is 5.57 Å². The molecule has 0 saturated carbocycles. The highest BCUT2D eigenvalue weighted by atomic mass is 14.8. The summed E-state index contributed by atoms with van der Waals surface area (Å²) in [4.78, 5) is 4.08. The molecule has 0 aromatic rings. The molecule has 0 aromatic carbocycles. The zero-order valence-corrected chi connectivity index (χ0v) is 10.4. The molecule has 0 radical (unpaired) electrons. The maximum absolute atomic E-state index is 5.77. The van der Waals surface area contributed by atoms with Gasteiger partial charge in [0.1, 0.15) is 5.84 Å². The molecule has 0 aromatic heterocycles. The predicted molar refractivity (Wildman–Crippen MR) is 68.8 cm³/mol. The van der Waals surface area contributed by atoms with Gasteiger partial charge in [-0.2, -0.15) is 0 Å². The van der Waals surface area contributed by atoms with Gasteiger partial charge in [0, 0.05) is 6.20 Å². The number of hydrogen-bond donors (Lipinski definition) is 1. The lowest BCUT2D eigenvalue weighted by Gasteiger charge is -2.03. The smallest absolute Gasteiger partial charge is 0.126 e. The molecule has 0 aliphatic heterocycles. The molecule has 0 aliphatic rings. The minimum atomic E-state index is 0.570. The van der Waals surface area contributed by atoms with Crippen LogP contribution in [0, 0.1) is 5.92 Å². The van der Waals surface area contributed by atoms with E-state index in [-0.39, 0.29) is 0 Å². The van der Waals surface area contributed by atoms with Gasteiger partial charge >= 0.3 is 0 Å². The average Bonchev–Trinajstić information content (AvgIpc) is 2.21. The highest BCUT2D eigenvalue weighted by Crippen LogP contribution is 2.08. The summed E-state index contributed by atoms with van der Waals surface area (Å²) in [7, 11) is 0. The predicted octanol–water partition coefficient (Wildman–Crippen LogP) is 3.43. The highest BCUT2D eigenvalue weighted by Gasteiger charge is 1.95. The van der Waals surface area contributed by atoms with Gasteiger partial charge in [-0.15, -0.1) is 0 Å². The number of hydrogen-bond acceptors (Lipinski definition) is 1. The van der Waals surface area contributed by atoms with Crippen molar-refractivity contribution in [3.05, 3.63) is 35.6 Å². The molecule has 0 unspecified atom stereocenters. The summed E-state index contributed by atoms with van der Waals surface area (Å²) in [5.74, 6) is 1.14. The Hall–Kier alpha value is -1.31. The van der Waals surface area contributed by atoms with Crippen molar-refractivity contribution in [2.45, 2.75) is 34.6 Å². The van der Waals surface area contributed by atoms with Gasteiger partial charge in [0.2, 0.25) is 0 Å². The Kier molecular flexibility index (Phi) is 6.43. The third kappa shape index (κ3) is 5.89. The number of aliphatic imine (C=N–C) groups is 1. The van der Waals surface area contributed by atoms with E-state index in [1.54, 1.807) is 6.20 Å². The summed E-state index contributed by atoms with van der Waals surface area (Å²) in [5, 5.41) is 0. The molecule has 0 rings (SSSR count). The molecule has 84 valence electrons. The first-order valence-electron chi connectivity index (χ1n) is 5.29. The molecule has 0 saturated heterocycles. The molecular formula is C13H22N2.